The summed E-state index contributed by atoms with van der Waals surface area (Å²) in [6, 6.07) is 0. The average molecular weight is 243 g/mol. The second-order valence-electron chi connectivity index (χ2n) is 5.31. The number of ether oxygens (including phenoxy) is 1. The molecule has 0 aromatic rings. The summed E-state index contributed by atoms with van der Waals surface area (Å²) in [5.41, 5.74) is 0.394. The molecule has 102 valence electrons. The van der Waals surface area contributed by atoms with Gasteiger partial charge in [0.05, 0.1) is 6.61 Å². The number of unbranched alkanes of at least 4 members (excludes halogenated alkanes) is 2. The van der Waals surface area contributed by atoms with Gasteiger partial charge in [0, 0.05) is 13.0 Å². The number of hydrogen-bond acceptors (Lipinski definition) is 3. The summed E-state index contributed by atoms with van der Waals surface area (Å²) in [5.74, 6) is -0.0624. The SMILES string of the molecule is CCOC(=O)CCCCCNCC(C)(C)CC. The molecule has 0 fully saturated rings. The zero-order valence-corrected chi connectivity index (χ0v) is 12.0. The van der Waals surface area contributed by atoms with E-state index < -0.39 is 0 Å². The van der Waals surface area contributed by atoms with Crippen molar-refractivity contribution in [2.45, 2.75) is 59.8 Å². The van der Waals surface area contributed by atoms with Crippen molar-refractivity contribution in [2.24, 2.45) is 5.41 Å². The zero-order chi connectivity index (χ0) is 13.1. The van der Waals surface area contributed by atoms with Crippen LogP contribution < -0.4 is 5.32 Å². The molecule has 0 radical (unpaired) electrons. The third-order valence-electron chi connectivity index (χ3n) is 3.10. The van der Waals surface area contributed by atoms with Crippen molar-refractivity contribution in [1.82, 2.24) is 5.32 Å². The molecule has 17 heavy (non-hydrogen) atoms. The second-order valence-corrected chi connectivity index (χ2v) is 5.31. The molecule has 0 spiro atoms. The van der Waals surface area contributed by atoms with Gasteiger partial charge in [-0.15, -0.1) is 0 Å². The van der Waals surface area contributed by atoms with Crippen molar-refractivity contribution in [2.75, 3.05) is 19.7 Å². The van der Waals surface area contributed by atoms with E-state index in [0.29, 0.717) is 18.4 Å². The summed E-state index contributed by atoms with van der Waals surface area (Å²) < 4.78 is 4.87. The minimum Gasteiger partial charge on any atom is -0.466 e. The molecular formula is C14H29NO2. The summed E-state index contributed by atoms with van der Waals surface area (Å²) in [6.45, 7) is 11.2. The van der Waals surface area contributed by atoms with Crippen LogP contribution in [0, 0.1) is 5.41 Å². The van der Waals surface area contributed by atoms with E-state index in [9.17, 15) is 4.79 Å². The molecule has 0 aromatic heterocycles. The van der Waals surface area contributed by atoms with Gasteiger partial charge in [0.15, 0.2) is 0 Å². The van der Waals surface area contributed by atoms with E-state index in [1.807, 2.05) is 6.92 Å². The van der Waals surface area contributed by atoms with Crippen molar-refractivity contribution in [1.29, 1.82) is 0 Å². The molecule has 0 unspecified atom stereocenters. The van der Waals surface area contributed by atoms with Crippen LogP contribution in [-0.2, 0) is 9.53 Å². The first-order chi connectivity index (χ1) is 8.02. The molecule has 0 bridgehead atoms. The minimum absolute atomic E-state index is 0.0624. The lowest BCUT2D eigenvalue weighted by molar-refractivity contribution is -0.143. The minimum atomic E-state index is -0.0624. The van der Waals surface area contributed by atoms with Gasteiger partial charge in [0.1, 0.15) is 0 Å². The average Bonchev–Trinajstić information content (AvgIpc) is 2.28. The van der Waals surface area contributed by atoms with E-state index in [1.54, 1.807) is 0 Å². The molecule has 0 aliphatic heterocycles. The summed E-state index contributed by atoms with van der Waals surface area (Å²) in [5, 5.41) is 3.47. The Bertz CT molecular complexity index is 202. The Morgan fingerprint density at radius 3 is 2.47 bits per heavy atom. The highest BCUT2D eigenvalue weighted by Crippen LogP contribution is 2.17. The van der Waals surface area contributed by atoms with Crippen LogP contribution in [0.25, 0.3) is 0 Å². The molecule has 3 heteroatoms. The van der Waals surface area contributed by atoms with Crippen LogP contribution in [-0.4, -0.2) is 25.7 Å². The summed E-state index contributed by atoms with van der Waals surface area (Å²) >= 11 is 0. The maximum absolute atomic E-state index is 11.1. The van der Waals surface area contributed by atoms with Gasteiger partial charge in [-0.3, -0.25) is 4.79 Å². The van der Waals surface area contributed by atoms with E-state index in [1.165, 1.54) is 6.42 Å². The standard InChI is InChI=1S/C14H29NO2/c1-5-14(3,4)12-15-11-9-7-8-10-13(16)17-6-2/h15H,5-12H2,1-4H3. The Kier molecular flexibility index (Phi) is 9.14. The van der Waals surface area contributed by atoms with Crippen molar-refractivity contribution in [3.05, 3.63) is 0 Å². The molecule has 0 heterocycles. The van der Waals surface area contributed by atoms with Gasteiger partial charge in [-0.1, -0.05) is 27.2 Å². The lowest BCUT2D eigenvalue weighted by Gasteiger charge is -2.22. The van der Waals surface area contributed by atoms with E-state index in [0.717, 1.165) is 32.4 Å². The van der Waals surface area contributed by atoms with Gasteiger partial charge in [-0.05, 0) is 38.1 Å². The first-order valence-corrected chi connectivity index (χ1v) is 6.88. The fourth-order valence-corrected chi connectivity index (χ4v) is 1.48. The van der Waals surface area contributed by atoms with Crippen molar-refractivity contribution >= 4 is 5.97 Å². The molecule has 1 N–H and O–H groups in total. The zero-order valence-electron chi connectivity index (χ0n) is 12.0. The second kappa shape index (κ2) is 9.46. The monoisotopic (exact) mass is 243 g/mol. The molecule has 0 atom stereocenters. The maximum Gasteiger partial charge on any atom is 0.305 e. The molecule has 3 nitrogen and oxygen atoms in total. The Labute approximate surface area is 106 Å². The maximum atomic E-state index is 11.1. The highest BCUT2D eigenvalue weighted by Gasteiger charge is 2.13. The molecular weight excluding hydrogens is 214 g/mol. The molecule has 0 aliphatic carbocycles. The number of carbonyl (C=O) groups excluding carboxylic acids is 1. The van der Waals surface area contributed by atoms with Crippen LogP contribution in [0.1, 0.15) is 59.8 Å². The third-order valence-corrected chi connectivity index (χ3v) is 3.10. The van der Waals surface area contributed by atoms with Crippen LogP contribution >= 0.6 is 0 Å². The Hall–Kier alpha value is -0.570. The van der Waals surface area contributed by atoms with Crippen LogP contribution in [0.3, 0.4) is 0 Å². The number of carbonyl (C=O) groups is 1. The Morgan fingerprint density at radius 2 is 1.88 bits per heavy atom. The molecule has 0 rings (SSSR count). The number of nitrogens with one attached hydrogen (secondary N) is 1. The van der Waals surface area contributed by atoms with Gasteiger partial charge < -0.3 is 10.1 Å². The number of hydrogen-bond donors (Lipinski definition) is 1. The fourth-order valence-electron chi connectivity index (χ4n) is 1.48. The molecule has 0 amide bonds. The Balaban J connectivity index is 3.27. The predicted molar refractivity (Wildman–Crippen MR) is 72.0 cm³/mol. The summed E-state index contributed by atoms with van der Waals surface area (Å²) in [4.78, 5) is 11.1. The van der Waals surface area contributed by atoms with Crippen LogP contribution in [0.4, 0.5) is 0 Å². The highest BCUT2D eigenvalue weighted by atomic mass is 16.5. The number of esters is 1. The van der Waals surface area contributed by atoms with E-state index >= 15 is 0 Å². The van der Waals surface area contributed by atoms with Crippen molar-refractivity contribution in [3.63, 3.8) is 0 Å². The van der Waals surface area contributed by atoms with E-state index in [2.05, 4.69) is 26.1 Å². The molecule has 0 saturated carbocycles. The van der Waals surface area contributed by atoms with Crippen molar-refractivity contribution < 1.29 is 9.53 Å². The number of rotatable bonds is 10. The predicted octanol–water partition coefficient (Wildman–Crippen LogP) is 3.14. The quantitative estimate of drug-likeness (QED) is 0.473. The van der Waals surface area contributed by atoms with Crippen LogP contribution in [0.2, 0.25) is 0 Å². The largest absolute Gasteiger partial charge is 0.466 e. The highest BCUT2D eigenvalue weighted by molar-refractivity contribution is 5.69. The Morgan fingerprint density at radius 1 is 1.18 bits per heavy atom. The fraction of sp³-hybridized carbons (Fsp3) is 0.929. The summed E-state index contributed by atoms with van der Waals surface area (Å²) in [7, 11) is 0. The molecule has 0 aromatic carbocycles. The smallest absolute Gasteiger partial charge is 0.305 e. The van der Waals surface area contributed by atoms with Crippen molar-refractivity contribution in [3.8, 4) is 0 Å². The van der Waals surface area contributed by atoms with Gasteiger partial charge >= 0.3 is 5.97 Å². The first kappa shape index (κ1) is 16.4. The van der Waals surface area contributed by atoms with Crippen LogP contribution in [0.5, 0.6) is 0 Å². The van der Waals surface area contributed by atoms with E-state index in [-0.39, 0.29) is 5.97 Å². The molecule has 0 saturated heterocycles. The normalized spacial score (nSPS) is 11.5. The van der Waals surface area contributed by atoms with Gasteiger partial charge in [-0.2, -0.15) is 0 Å². The molecule has 0 aliphatic rings. The van der Waals surface area contributed by atoms with Crippen LogP contribution in [0.15, 0.2) is 0 Å². The van der Waals surface area contributed by atoms with Gasteiger partial charge in [0.25, 0.3) is 0 Å². The third kappa shape index (κ3) is 10.3. The van der Waals surface area contributed by atoms with Gasteiger partial charge in [-0.25, -0.2) is 0 Å². The lowest BCUT2D eigenvalue weighted by atomic mass is 9.90. The van der Waals surface area contributed by atoms with Gasteiger partial charge in [0.2, 0.25) is 0 Å². The van der Waals surface area contributed by atoms with E-state index in [4.69, 9.17) is 4.74 Å². The lowest BCUT2D eigenvalue weighted by Crippen LogP contribution is -2.29. The topological polar surface area (TPSA) is 38.3 Å². The summed E-state index contributed by atoms with van der Waals surface area (Å²) in [6.07, 6.45) is 4.94. The first-order valence-electron chi connectivity index (χ1n) is 6.88.